The fraction of sp³-hybridized carbons (Fsp3) is 0.389. The van der Waals surface area contributed by atoms with Gasteiger partial charge in [-0.2, -0.15) is 0 Å². The lowest BCUT2D eigenvalue weighted by atomic mass is 10.1. The summed E-state index contributed by atoms with van der Waals surface area (Å²) in [6.45, 7) is 2.84. The molecule has 140 valence electrons. The Hall–Kier alpha value is -3.23. The number of anilines is 1. The van der Waals surface area contributed by atoms with Crippen LogP contribution < -0.4 is 9.64 Å². The highest BCUT2D eigenvalue weighted by Gasteiger charge is 2.54. The van der Waals surface area contributed by atoms with Crippen LogP contribution in [0.3, 0.4) is 0 Å². The molecule has 3 aliphatic rings. The van der Waals surface area contributed by atoms with Crippen LogP contribution in [-0.4, -0.2) is 83.7 Å². The van der Waals surface area contributed by atoms with Crippen molar-refractivity contribution in [1.29, 1.82) is 0 Å². The molecule has 1 saturated heterocycles. The second-order valence-electron chi connectivity index (χ2n) is 6.74. The number of guanidine groups is 1. The molecule has 9 heteroatoms. The lowest BCUT2D eigenvalue weighted by Crippen LogP contribution is -2.61. The van der Waals surface area contributed by atoms with Crippen molar-refractivity contribution in [2.75, 3.05) is 38.7 Å². The summed E-state index contributed by atoms with van der Waals surface area (Å²) in [7, 11) is 3.12. The molecular weight excluding hydrogens is 350 g/mol. The lowest BCUT2D eigenvalue weighted by Gasteiger charge is -2.31. The summed E-state index contributed by atoms with van der Waals surface area (Å²) < 4.78 is 7.32. The number of rotatable bonds is 4. The summed E-state index contributed by atoms with van der Waals surface area (Å²) in [5, 5.41) is 0. The maximum absolute atomic E-state index is 12.6. The van der Waals surface area contributed by atoms with Crippen LogP contribution in [0.4, 0.5) is 10.5 Å². The molecule has 1 aromatic rings. The maximum Gasteiger partial charge on any atom is 0.397 e. The van der Waals surface area contributed by atoms with Crippen molar-refractivity contribution < 1.29 is 23.7 Å². The van der Waals surface area contributed by atoms with E-state index in [9.17, 15) is 14.4 Å². The molecule has 0 spiro atoms. The van der Waals surface area contributed by atoms with Crippen molar-refractivity contribution in [1.82, 2.24) is 9.80 Å². The number of carbonyl (C=O) groups is 3. The summed E-state index contributed by atoms with van der Waals surface area (Å²) in [5.74, 6) is 1.44. The number of imide groups is 1. The van der Waals surface area contributed by atoms with E-state index < -0.39 is 6.04 Å². The van der Waals surface area contributed by atoms with Gasteiger partial charge < -0.3 is 4.74 Å². The standard InChI is InChI=1S/C18H20N5O4/c1-11(24)10-27-13-6-4-12(5-7-13)22-8-9-23-14-15(19-17(22)23)20(2)18(26)21(3)16(14)25/h4-7,14H,8-10H2,1-3H3/q+1. The van der Waals surface area contributed by atoms with E-state index in [1.807, 2.05) is 21.6 Å². The highest BCUT2D eigenvalue weighted by Crippen LogP contribution is 2.27. The van der Waals surface area contributed by atoms with Gasteiger partial charge in [-0.1, -0.05) is 4.99 Å². The predicted molar refractivity (Wildman–Crippen MR) is 97.3 cm³/mol. The van der Waals surface area contributed by atoms with Gasteiger partial charge in [0.25, 0.3) is 5.91 Å². The minimum absolute atomic E-state index is 0.0393. The Morgan fingerprint density at radius 1 is 1.22 bits per heavy atom. The number of benzene rings is 1. The first-order chi connectivity index (χ1) is 12.9. The second kappa shape index (κ2) is 6.19. The highest BCUT2D eigenvalue weighted by atomic mass is 16.5. The largest absolute Gasteiger partial charge is 0.486 e. The topological polar surface area (TPSA) is 85.5 Å². The number of Topliss-reactive ketones (excluding diaryl/α,β-unsaturated/α-hetero) is 1. The number of fused-ring (bicyclic) bond motifs is 2. The van der Waals surface area contributed by atoms with E-state index in [4.69, 9.17) is 4.74 Å². The number of nitrogens with zero attached hydrogens (tertiary/aromatic N) is 5. The van der Waals surface area contributed by atoms with Gasteiger partial charge >= 0.3 is 12.0 Å². The third-order valence-electron chi connectivity index (χ3n) is 4.91. The average molecular weight is 370 g/mol. The molecule has 27 heavy (non-hydrogen) atoms. The van der Waals surface area contributed by atoms with Gasteiger partial charge in [0.2, 0.25) is 11.9 Å². The molecule has 0 N–H and O–H groups in total. The van der Waals surface area contributed by atoms with Gasteiger partial charge in [-0.05, 0) is 31.2 Å². The average Bonchev–Trinajstić information content (AvgIpc) is 3.22. The first-order valence-electron chi connectivity index (χ1n) is 8.65. The first-order valence-corrected chi connectivity index (χ1v) is 8.65. The van der Waals surface area contributed by atoms with E-state index in [0.29, 0.717) is 30.6 Å². The molecule has 1 atom stereocenters. The van der Waals surface area contributed by atoms with Gasteiger partial charge in [0.1, 0.15) is 24.6 Å². The fourth-order valence-corrected chi connectivity index (χ4v) is 3.49. The van der Waals surface area contributed by atoms with E-state index in [1.54, 1.807) is 19.2 Å². The summed E-state index contributed by atoms with van der Waals surface area (Å²) in [5.41, 5.74) is 0.903. The molecule has 4 rings (SSSR count). The number of hydrogen-bond donors (Lipinski definition) is 0. The summed E-state index contributed by atoms with van der Waals surface area (Å²) in [4.78, 5) is 45.0. The van der Waals surface area contributed by atoms with Gasteiger partial charge in [-0.3, -0.25) is 19.4 Å². The van der Waals surface area contributed by atoms with Gasteiger partial charge in [0.05, 0.1) is 6.54 Å². The van der Waals surface area contributed by atoms with Crippen LogP contribution in [0.5, 0.6) is 5.75 Å². The van der Waals surface area contributed by atoms with Crippen molar-refractivity contribution in [2.24, 2.45) is 4.99 Å². The van der Waals surface area contributed by atoms with E-state index >= 15 is 0 Å². The second-order valence-corrected chi connectivity index (χ2v) is 6.74. The minimum atomic E-state index is -0.559. The maximum atomic E-state index is 12.6. The van der Waals surface area contributed by atoms with Crippen LogP contribution in [0.1, 0.15) is 6.92 Å². The summed E-state index contributed by atoms with van der Waals surface area (Å²) >= 11 is 0. The summed E-state index contributed by atoms with van der Waals surface area (Å²) in [6, 6.07) is 6.43. The molecule has 3 aliphatic heterocycles. The van der Waals surface area contributed by atoms with Crippen LogP contribution in [-0.2, 0) is 9.59 Å². The number of amides is 3. The number of urea groups is 1. The van der Waals surface area contributed by atoms with Crippen molar-refractivity contribution in [3.63, 3.8) is 0 Å². The van der Waals surface area contributed by atoms with Crippen LogP contribution >= 0.6 is 0 Å². The van der Waals surface area contributed by atoms with Gasteiger partial charge in [-0.15, -0.1) is 0 Å². The molecule has 3 heterocycles. The van der Waals surface area contributed by atoms with Crippen LogP contribution in [0.2, 0.25) is 0 Å². The lowest BCUT2D eigenvalue weighted by molar-refractivity contribution is -0.525. The van der Waals surface area contributed by atoms with E-state index in [2.05, 4.69) is 4.99 Å². The molecule has 3 amide bonds. The van der Waals surface area contributed by atoms with E-state index in [1.165, 1.54) is 18.9 Å². The third-order valence-corrected chi connectivity index (χ3v) is 4.91. The zero-order valence-electron chi connectivity index (χ0n) is 15.4. The molecule has 0 radical (unpaired) electrons. The van der Waals surface area contributed by atoms with Gasteiger partial charge in [0, 0.05) is 14.1 Å². The molecular formula is C18H20N5O4+. The Morgan fingerprint density at radius 3 is 2.59 bits per heavy atom. The monoisotopic (exact) mass is 370 g/mol. The number of ketones is 1. The van der Waals surface area contributed by atoms with Gasteiger partial charge in [0.15, 0.2) is 5.78 Å². The molecule has 1 unspecified atom stereocenters. The smallest absolute Gasteiger partial charge is 0.397 e. The van der Waals surface area contributed by atoms with Gasteiger partial charge in [-0.25, -0.2) is 14.3 Å². The first kappa shape index (κ1) is 17.2. The third kappa shape index (κ3) is 2.66. The Kier molecular flexibility index (Phi) is 3.94. The molecule has 0 aromatic heterocycles. The molecule has 0 saturated carbocycles. The van der Waals surface area contributed by atoms with Crippen LogP contribution in [0.25, 0.3) is 0 Å². The fourth-order valence-electron chi connectivity index (χ4n) is 3.49. The quantitative estimate of drug-likeness (QED) is 0.704. The Balaban J connectivity index is 1.60. The van der Waals surface area contributed by atoms with Crippen LogP contribution in [0, 0.1) is 0 Å². The predicted octanol–water partition coefficient (Wildman–Crippen LogP) is 0.147. The zero-order chi connectivity index (χ0) is 19.3. The van der Waals surface area contributed by atoms with E-state index in [0.717, 1.165) is 10.6 Å². The number of hydrogen-bond acceptors (Lipinski definition) is 6. The highest BCUT2D eigenvalue weighted by molar-refractivity contribution is 6.24. The minimum Gasteiger partial charge on any atom is -0.486 e. The molecule has 1 fully saturated rings. The molecule has 0 bridgehead atoms. The Labute approximate surface area is 156 Å². The van der Waals surface area contributed by atoms with Crippen molar-refractivity contribution >= 4 is 35.2 Å². The van der Waals surface area contributed by atoms with Crippen molar-refractivity contribution in [2.45, 2.75) is 13.0 Å². The van der Waals surface area contributed by atoms with Crippen LogP contribution in [0.15, 0.2) is 29.3 Å². The van der Waals surface area contributed by atoms with Crippen molar-refractivity contribution in [3.05, 3.63) is 24.3 Å². The SMILES string of the molecule is CC(=O)COc1ccc(N2CC[N+]3=C2N=C2C3C(=O)N(C)C(=O)N2C)cc1. The zero-order valence-corrected chi connectivity index (χ0v) is 15.4. The molecule has 9 nitrogen and oxygen atoms in total. The normalized spacial score (nSPS) is 21.5. The number of likely N-dealkylation sites (N-methyl/N-ethyl adjacent to an activating group) is 2. The van der Waals surface area contributed by atoms with E-state index in [-0.39, 0.29) is 24.3 Å². The molecule has 0 aliphatic carbocycles. The molecule has 1 aromatic carbocycles. The number of aliphatic imine (C=N–C) groups is 1. The Morgan fingerprint density at radius 2 is 1.93 bits per heavy atom. The van der Waals surface area contributed by atoms with Crippen molar-refractivity contribution in [3.8, 4) is 5.75 Å². The number of ether oxygens (including phenoxy) is 1. The Bertz CT molecular complexity index is 905. The number of amidine groups is 1. The number of carbonyl (C=O) groups excluding carboxylic acids is 3. The summed E-state index contributed by atoms with van der Waals surface area (Å²) in [6.07, 6.45) is 0.